The predicted octanol–water partition coefficient (Wildman–Crippen LogP) is 2.44. The number of aromatic nitrogens is 2. The first-order chi connectivity index (χ1) is 9.33. The van der Waals surface area contributed by atoms with Crippen molar-refractivity contribution in [3.63, 3.8) is 0 Å². The van der Waals surface area contributed by atoms with E-state index in [9.17, 15) is 0 Å². The van der Waals surface area contributed by atoms with Gasteiger partial charge in [-0.1, -0.05) is 19.3 Å². The molecule has 106 valence electrons. The van der Waals surface area contributed by atoms with Gasteiger partial charge in [-0.2, -0.15) is 0 Å². The lowest BCUT2D eigenvalue weighted by molar-refractivity contribution is 0.178. The normalized spacial score (nSPS) is 16.8. The molecule has 0 aliphatic carbocycles. The molecule has 1 aromatic rings. The fourth-order valence-electron chi connectivity index (χ4n) is 2.44. The van der Waals surface area contributed by atoms with Crippen molar-refractivity contribution in [2.45, 2.75) is 38.7 Å². The molecule has 1 N–H and O–H groups in total. The summed E-state index contributed by atoms with van der Waals surface area (Å²) in [5, 5.41) is 3.10. The molecule has 0 radical (unpaired) electrons. The van der Waals surface area contributed by atoms with Crippen LogP contribution in [0.25, 0.3) is 0 Å². The van der Waals surface area contributed by atoms with E-state index in [1.165, 1.54) is 32.1 Å². The van der Waals surface area contributed by atoms with Crippen LogP contribution in [0.15, 0.2) is 6.07 Å². The highest BCUT2D eigenvalue weighted by atomic mass is 16.5. The van der Waals surface area contributed by atoms with E-state index in [0.29, 0.717) is 6.61 Å². The van der Waals surface area contributed by atoms with Crippen molar-refractivity contribution in [3.8, 4) is 0 Å². The van der Waals surface area contributed by atoms with Crippen LogP contribution in [-0.4, -0.2) is 37.2 Å². The Hall–Kier alpha value is -1.36. The Morgan fingerprint density at radius 1 is 1.16 bits per heavy atom. The van der Waals surface area contributed by atoms with E-state index < -0.39 is 0 Å². The molecule has 0 aromatic carbocycles. The van der Waals surface area contributed by atoms with Gasteiger partial charge in [-0.15, -0.1) is 0 Å². The van der Waals surface area contributed by atoms with Crippen molar-refractivity contribution >= 4 is 11.6 Å². The fraction of sp³-hybridized carbons (Fsp3) is 0.714. The van der Waals surface area contributed by atoms with Crippen LogP contribution in [0.4, 0.5) is 11.6 Å². The van der Waals surface area contributed by atoms with Gasteiger partial charge < -0.3 is 15.0 Å². The standard InChI is InChI=1S/C14H24N4O/c1-15-12-10-14(17-13(16-12)11-19-2)18-8-6-4-3-5-7-9-18/h10H,3-9,11H2,1-2H3,(H,15,16,17). The SMILES string of the molecule is CNc1cc(N2CCCCCCC2)nc(COC)n1. The Balaban J connectivity index is 2.17. The molecule has 0 unspecified atom stereocenters. The lowest BCUT2D eigenvalue weighted by Crippen LogP contribution is -2.28. The van der Waals surface area contributed by atoms with Crippen molar-refractivity contribution in [1.82, 2.24) is 9.97 Å². The Bertz CT molecular complexity index is 389. The zero-order chi connectivity index (χ0) is 13.5. The molecule has 1 aromatic heterocycles. The van der Waals surface area contributed by atoms with Crippen LogP contribution in [0, 0.1) is 0 Å². The molecule has 0 bridgehead atoms. The second-order valence-corrected chi connectivity index (χ2v) is 4.97. The van der Waals surface area contributed by atoms with E-state index >= 15 is 0 Å². The van der Waals surface area contributed by atoms with Crippen LogP contribution in [0.1, 0.15) is 37.9 Å². The molecular formula is C14H24N4O. The highest BCUT2D eigenvalue weighted by Gasteiger charge is 2.13. The summed E-state index contributed by atoms with van der Waals surface area (Å²) < 4.78 is 5.14. The molecule has 19 heavy (non-hydrogen) atoms. The maximum atomic E-state index is 5.14. The first kappa shape index (κ1) is 14.1. The number of ether oxygens (including phenoxy) is 1. The van der Waals surface area contributed by atoms with Gasteiger partial charge in [0.25, 0.3) is 0 Å². The molecule has 1 aliphatic heterocycles. The number of methoxy groups -OCH3 is 1. The summed E-state index contributed by atoms with van der Waals surface area (Å²) in [4.78, 5) is 11.4. The second-order valence-electron chi connectivity index (χ2n) is 4.97. The van der Waals surface area contributed by atoms with E-state index in [2.05, 4.69) is 20.2 Å². The number of nitrogens with one attached hydrogen (secondary N) is 1. The highest BCUT2D eigenvalue weighted by Crippen LogP contribution is 2.20. The van der Waals surface area contributed by atoms with Gasteiger partial charge in [0.1, 0.15) is 18.2 Å². The van der Waals surface area contributed by atoms with Gasteiger partial charge in [-0.05, 0) is 12.8 Å². The summed E-state index contributed by atoms with van der Waals surface area (Å²) in [5.41, 5.74) is 0. The lowest BCUT2D eigenvalue weighted by atomic mass is 10.1. The van der Waals surface area contributed by atoms with Crippen LogP contribution in [-0.2, 0) is 11.3 Å². The zero-order valence-corrected chi connectivity index (χ0v) is 12.0. The average molecular weight is 264 g/mol. The van der Waals surface area contributed by atoms with Gasteiger partial charge in [-0.3, -0.25) is 0 Å². The predicted molar refractivity (Wildman–Crippen MR) is 77.6 cm³/mol. The largest absolute Gasteiger partial charge is 0.377 e. The van der Waals surface area contributed by atoms with Gasteiger partial charge in [0.15, 0.2) is 5.82 Å². The minimum absolute atomic E-state index is 0.455. The van der Waals surface area contributed by atoms with Gasteiger partial charge >= 0.3 is 0 Å². The molecule has 2 rings (SSSR count). The zero-order valence-electron chi connectivity index (χ0n) is 12.0. The maximum Gasteiger partial charge on any atom is 0.158 e. The van der Waals surface area contributed by atoms with E-state index in [-0.39, 0.29) is 0 Å². The topological polar surface area (TPSA) is 50.3 Å². The molecule has 5 heteroatoms. The number of rotatable bonds is 4. The van der Waals surface area contributed by atoms with Crippen LogP contribution in [0.3, 0.4) is 0 Å². The third kappa shape index (κ3) is 4.06. The van der Waals surface area contributed by atoms with Crippen LogP contribution in [0.5, 0.6) is 0 Å². The van der Waals surface area contributed by atoms with Gasteiger partial charge in [0, 0.05) is 33.3 Å². The first-order valence-corrected chi connectivity index (χ1v) is 7.13. The van der Waals surface area contributed by atoms with E-state index in [1.54, 1.807) is 7.11 Å². The van der Waals surface area contributed by atoms with Gasteiger partial charge in [0.05, 0.1) is 0 Å². The minimum atomic E-state index is 0.455. The van der Waals surface area contributed by atoms with Crippen molar-refractivity contribution in [2.75, 3.05) is 37.5 Å². The molecule has 5 nitrogen and oxygen atoms in total. The first-order valence-electron chi connectivity index (χ1n) is 7.13. The van der Waals surface area contributed by atoms with Gasteiger partial charge in [-0.25, -0.2) is 9.97 Å². The minimum Gasteiger partial charge on any atom is -0.377 e. The van der Waals surface area contributed by atoms with Crippen LogP contribution < -0.4 is 10.2 Å². The molecule has 1 fully saturated rings. The third-order valence-corrected chi connectivity index (χ3v) is 3.47. The quantitative estimate of drug-likeness (QED) is 0.905. The summed E-state index contributed by atoms with van der Waals surface area (Å²) >= 11 is 0. The summed E-state index contributed by atoms with van der Waals surface area (Å²) in [5.74, 6) is 2.62. The second kappa shape index (κ2) is 7.28. The molecule has 2 heterocycles. The highest BCUT2D eigenvalue weighted by molar-refractivity contribution is 5.49. The smallest absolute Gasteiger partial charge is 0.158 e. The molecule has 0 saturated carbocycles. The molecular weight excluding hydrogens is 240 g/mol. The molecule has 0 spiro atoms. The molecule has 1 aliphatic rings. The summed E-state index contributed by atoms with van der Waals surface area (Å²) in [7, 11) is 3.56. The lowest BCUT2D eigenvalue weighted by Gasteiger charge is -2.26. The van der Waals surface area contributed by atoms with E-state index in [1.807, 2.05) is 13.1 Å². The van der Waals surface area contributed by atoms with Crippen molar-refractivity contribution in [3.05, 3.63) is 11.9 Å². The third-order valence-electron chi connectivity index (χ3n) is 3.47. The van der Waals surface area contributed by atoms with Crippen LogP contribution >= 0.6 is 0 Å². The molecule has 0 atom stereocenters. The van der Waals surface area contributed by atoms with Crippen molar-refractivity contribution in [1.29, 1.82) is 0 Å². The van der Waals surface area contributed by atoms with E-state index in [4.69, 9.17) is 4.74 Å². The number of nitrogens with zero attached hydrogens (tertiary/aromatic N) is 3. The summed E-state index contributed by atoms with van der Waals surface area (Å²) in [6.07, 6.45) is 6.52. The van der Waals surface area contributed by atoms with Crippen LogP contribution in [0.2, 0.25) is 0 Å². The summed E-state index contributed by atoms with van der Waals surface area (Å²) in [6.45, 7) is 2.63. The molecule has 1 saturated heterocycles. The van der Waals surface area contributed by atoms with E-state index in [0.717, 1.165) is 30.5 Å². The number of hydrogen-bond donors (Lipinski definition) is 1. The molecule has 0 amide bonds. The Kier molecular flexibility index (Phi) is 5.39. The van der Waals surface area contributed by atoms with Crippen molar-refractivity contribution in [2.24, 2.45) is 0 Å². The fourth-order valence-corrected chi connectivity index (χ4v) is 2.44. The summed E-state index contributed by atoms with van der Waals surface area (Å²) in [6, 6.07) is 2.03. The Morgan fingerprint density at radius 2 is 1.84 bits per heavy atom. The monoisotopic (exact) mass is 264 g/mol. The number of anilines is 2. The Morgan fingerprint density at radius 3 is 2.47 bits per heavy atom. The van der Waals surface area contributed by atoms with Gasteiger partial charge in [0.2, 0.25) is 0 Å². The van der Waals surface area contributed by atoms with Crippen molar-refractivity contribution < 1.29 is 4.74 Å². The maximum absolute atomic E-state index is 5.14. The number of hydrogen-bond acceptors (Lipinski definition) is 5. The Labute approximate surface area is 115 Å². The average Bonchev–Trinajstić information content (AvgIpc) is 2.38.